The van der Waals surface area contributed by atoms with Gasteiger partial charge in [0.15, 0.2) is 0 Å². The lowest BCUT2D eigenvalue weighted by Gasteiger charge is -2.15. The molecule has 1 N–H and O–H groups in total. The number of imide groups is 1. The average molecular weight is 541 g/mol. The fourth-order valence-electron chi connectivity index (χ4n) is 4.56. The summed E-state index contributed by atoms with van der Waals surface area (Å²) in [6.07, 6.45) is 3.42. The Kier molecular flexibility index (Phi) is 7.29. The highest BCUT2D eigenvalue weighted by Crippen LogP contribution is 2.36. The summed E-state index contributed by atoms with van der Waals surface area (Å²) >= 11 is 0.788. The normalized spacial score (nSPS) is 15.2. The van der Waals surface area contributed by atoms with E-state index in [2.05, 4.69) is 5.32 Å². The van der Waals surface area contributed by atoms with E-state index in [1.807, 2.05) is 66.1 Å². The van der Waals surface area contributed by atoms with E-state index in [0.717, 1.165) is 33.1 Å². The van der Waals surface area contributed by atoms with Gasteiger partial charge in [-0.3, -0.25) is 29.4 Å². The van der Waals surface area contributed by atoms with Crippen LogP contribution in [0.5, 0.6) is 0 Å². The van der Waals surface area contributed by atoms with Gasteiger partial charge in [0.25, 0.3) is 16.8 Å². The molecule has 9 nitrogen and oxygen atoms in total. The number of thioether (sulfide) groups is 1. The maximum atomic E-state index is 13.2. The summed E-state index contributed by atoms with van der Waals surface area (Å²) in [5.74, 6) is -0.683. The van der Waals surface area contributed by atoms with Crippen LogP contribution < -0.4 is 5.32 Å². The van der Waals surface area contributed by atoms with Crippen molar-refractivity contribution in [3.8, 4) is 0 Å². The van der Waals surface area contributed by atoms with Crippen molar-refractivity contribution in [3.05, 3.63) is 117 Å². The Morgan fingerprint density at radius 2 is 1.72 bits per heavy atom. The minimum Gasteiger partial charge on any atom is -0.348 e. The zero-order valence-electron chi connectivity index (χ0n) is 20.9. The van der Waals surface area contributed by atoms with Gasteiger partial charge < -0.3 is 9.88 Å². The van der Waals surface area contributed by atoms with Crippen molar-refractivity contribution in [1.29, 1.82) is 0 Å². The smallest absolute Gasteiger partial charge is 0.293 e. The molecule has 1 aliphatic heterocycles. The van der Waals surface area contributed by atoms with Gasteiger partial charge in [-0.15, -0.1) is 0 Å². The average Bonchev–Trinajstić information content (AvgIpc) is 3.40. The molecule has 39 heavy (non-hydrogen) atoms. The van der Waals surface area contributed by atoms with E-state index < -0.39 is 16.1 Å². The highest BCUT2D eigenvalue weighted by Gasteiger charge is 2.36. The van der Waals surface area contributed by atoms with Gasteiger partial charge in [-0.2, -0.15) is 0 Å². The molecule has 10 heteroatoms. The first-order chi connectivity index (χ1) is 18.8. The van der Waals surface area contributed by atoms with Gasteiger partial charge >= 0.3 is 0 Å². The number of para-hydroxylation sites is 2. The van der Waals surface area contributed by atoms with Gasteiger partial charge in [0.1, 0.15) is 6.54 Å². The number of nitrogens with zero attached hydrogens (tertiary/aromatic N) is 3. The fourth-order valence-corrected chi connectivity index (χ4v) is 5.39. The number of nitro benzene ring substituents is 1. The number of nitro groups is 1. The van der Waals surface area contributed by atoms with E-state index in [9.17, 15) is 24.5 Å². The molecule has 1 unspecified atom stereocenters. The molecule has 1 aromatic heterocycles. The van der Waals surface area contributed by atoms with Gasteiger partial charge in [0.05, 0.1) is 22.4 Å². The number of benzene rings is 3. The predicted octanol–water partition coefficient (Wildman–Crippen LogP) is 5.66. The van der Waals surface area contributed by atoms with E-state index in [1.165, 1.54) is 18.2 Å². The summed E-state index contributed by atoms with van der Waals surface area (Å²) in [5.41, 5.74) is 2.62. The summed E-state index contributed by atoms with van der Waals surface area (Å²) in [6.45, 7) is 1.80. The topological polar surface area (TPSA) is 115 Å². The SMILES string of the molecule is CC(NC(=O)Cn1cc(/C=C2\SC(=O)N(Cc3ccccc3[N+](=O)[O-])C2=O)c2ccccc21)c1ccccc1. The highest BCUT2D eigenvalue weighted by atomic mass is 32.2. The van der Waals surface area contributed by atoms with Crippen molar-refractivity contribution >= 4 is 51.5 Å². The second kappa shape index (κ2) is 11.0. The molecule has 4 aromatic rings. The molecule has 0 radical (unpaired) electrons. The molecule has 1 atom stereocenters. The molecule has 0 bridgehead atoms. The molecule has 1 saturated heterocycles. The fraction of sp³-hybridized carbons (Fsp3) is 0.138. The van der Waals surface area contributed by atoms with Gasteiger partial charge in [-0.1, -0.05) is 66.7 Å². The number of fused-ring (bicyclic) bond motifs is 1. The molecule has 1 aliphatic rings. The first kappa shape index (κ1) is 25.9. The zero-order chi connectivity index (χ0) is 27.5. The van der Waals surface area contributed by atoms with E-state index in [0.29, 0.717) is 5.56 Å². The molecule has 0 spiro atoms. The summed E-state index contributed by atoms with van der Waals surface area (Å²) in [4.78, 5) is 50.8. The van der Waals surface area contributed by atoms with Crippen LogP contribution in [0.15, 0.2) is 90.0 Å². The van der Waals surface area contributed by atoms with Crippen LogP contribution in [0.1, 0.15) is 29.7 Å². The first-order valence-corrected chi connectivity index (χ1v) is 13.0. The predicted molar refractivity (Wildman–Crippen MR) is 150 cm³/mol. The van der Waals surface area contributed by atoms with Crippen LogP contribution in [0.4, 0.5) is 10.5 Å². The van der Waals surface area contributed by atoms with E-state index >= 15 is 0 Å². The van der Waals surface area contributed by atoms with Crippen LogP contribution in [-0.2, 0) is 22.7 Å². The maximum absolute atomic E-state index is 13.2. The Morgan fingerprint density at radius 1 is 1.03 bits per heavy atom. The van der Waals surface area contributed by atoms with Crippen LogP contribution in [0.3, 0.4) is 0 Å². The molecule has 2 heterocycles. The van der Waals surface area contributed by atoms with Crippen molar-refractivity contribution in [3.63, 3.8) is 0 Å². The number of carbonyl (C=O) groups is 3. The third-order valence-electron chi connectivity index (χ3n) is 6.49. The molecule has 3 amide bonds. The Hall–Kier alpha value is -4.70. The number of carbonyl (C=O) groups excluding carboxylic acids is 3. The summed E-state index contributed by atoms with van der Waals surface area (Å²) in [7, 11) is 0. The third-order valence-corrected chi connectivity index (χ3v) is 7.39. The standard InChI is InChI=1S/C29H24N4O5S/c1-19(20-9-3-2-4-10-20)30-27(34)18-31-16-22(23-12-6-8-14-25(23)31)15-26-28(35)32(29(36)39-26)17-21-11-5-7-13-24(21)33(37)38/h2-16,19H,17-18H2,1H3,(H,30,34)/b26-15-. The summed E-state index contributed by atoms with van der Waals surface area (Å²) in [6, 6.07) is 23.1. The van der Waals surface area contributed by atoms with Crippen molar-refractivity contribution < 1.29 is 19.3 Å². The lowest BCUT2D eigenvalue weighted by molar-refractivity contribution is -0.385. The van der Waals surface area contributed by atoms with Gasteiger partial charge in [-0.25, -0.2) is 0 Å². The number of rotatable bonds is 8. The van der Waals surface area contributed by atoms with Gasteiger partial charge in [0, 0.05) is 34.3 Å². The molecule has 3 aromatic carbocycles. The second-order valence-electron chi connectivity index (χ2n) is 9.08. The maximum Gasteiger partial charge on any atom is 0.293 e. The number of hydrogen-bond donors (Lipinski definition) is 1. The van der Waals surface area contributed by atoms with Crippen molar-refractivity contribution in [2.75, 3.05) is 0 Å². The number of nitrogens with one attached hydrogen (secondary N) is 1. The Bertz CT molecular complexity index is 1630. The number of amides is 3. The number of aromatic nitrogens is 1. The largest absolute Gasteiger partial charge is 0.348 e. The van der Waals surface area contributed by atoms with Crippen LogP contribution in [-0.4, -0.2) is 31.4 Å². The highest BCUT2D eigenvalue weighted by molar-refractivity contribution is 8.18. The first-order valence-electron chi connectivity index (χ1n) is 12.2. The zero-order valence-corrected chi connectivity index (χ0v) is 21.8. The van der Waals surface area contributed by atoms with Gasteiger partial charge in [-0.05, 0) is 36.4 Å². The lowest BCUT2D eigenvalue weighted by Crippen LogP contribution is -2.29. The van der Waals surface area contributed by atoms with Crippen molar-refractivity contribution in [2.24, 2.45) is 0 Å². The van der Waals surface area contributed by atoms with Gasteiger partial charge in [0.2, 0.25) is 5.91 Å². The molecule has 0 saturated carbocycles. The third kappa shape index (κ3) is 5.46. The van der Waals surface area contributed by atoms with E-state index in [-0.39, 0.29) is 41.2 Å². The molecule has 0 aliphatic carbocycles. The summed E-state index contributed by atoms with van der Waals surface area (Å²) < 4.78 is 1.81. The Morgan fingerprint density at radius 3 is 2.49 bits per heavy atom. The Labute approximate surface area is 228 Å². The second-order valence-corrected chi connectivity index (χ2v) is 10.1. The van der Waals surface area contributed by atoms with E-state index in [4.69, 9.17) is 0 Å². The minimum atomic E-state index is -0.532. The molecule has 5 rings (SSSR count). The van der Waals surface area contributed by atoms with Crippen molar-refractivity contribution in [1.82, 2.24) is 14.8 Å². The van der Waals surface area contributed by atoms with E-state index in [1.54, 1.807) is 18.3 Å². The summed E-state index contributed by atoms with van der Waals surface area (Å²) in [5, 5.41) is 14.7. The molecular weight excluding hydrogens is 516 g/mol. The number of hydrogen-bond acceptors (Lipinski definition) is 6. The Balaban J connectivity index is 1.38. The van der Waals surface area contributed by atoms with Crippen molar-refractivity contribution in [2.45, 2.75) is 26.1 Å². The minimum absolute atomic E-state index is 0.0741. The quantitative estimate of drug-likeness (QED) is 0.175. The monoisotopic (exact) mass is 540 g/mol. The van der Waals surface area contributed by atoms with Crippen LogP contribution >= 0.6 is 11.8 Å². The van der Waals surface area contributed by atoms with Crippen LogP contribution in [0.2, 0.25) is 0 Å². The molecule has 196 valence electrons. The van der Waals surface area contributed by atoms with Crippen LogP contribution in [0, 0.1) is 10.1 Å². The molecule has 1 fully saturated rings. The lowest BCUT2D eigenvalue weighted by atomic mass is 10.1. The molecular formula is C29H24N4O5S. The van der Waals surface area contributed by atoms with Crippen LogP contribution in [0.25, 0.3) is 17.0 Å².